The molecule has 0 spiro atoms. The Balaban J connectivity index is 2.52. The van der Waals surface area contributed by atoms with Crippen LogP contribution in [0.1, 0.15) is 33.0 Å². The predicted molar refractivity (Wildman–Crippen MR) is 61.7 cm³/mol. The molecule has 0 bridgehead atoms. The van der Waals surface area contributed by atoms with Gasteiger partial charge in [-0.1, -0.05) is 20.8 Å². The number of anilines is 1. The van der Waals surface area contributed by atoms with Crippen LogP contribution in [-0.4, -0.2) is 16.1 Å². The van der Waals surface area contributed by atoms with Gasteiger partial charge in [-0.05, 0) is 22.4 Å². The summed E-state index contributed by atoms with van der Waals surface area (Å²) in [6.07, 6.45) is 1.18. The molecule has 1 aliphatic heterocycles. The van der Waals surface area contributed by atoms with Crippen molar-refractivity contribution in [1.82, 2.24) is 9.55 Å². The van der Waals surface area contributed by atoms with Crippen molar-refractivity contribution in [3.8, 4) is 0 Å². The zero-order chi connectivity index (χ0) is 10.3. The lowest BCUT2D eigenvalue weighted by Crippen LogP contribution is -2.24. The average Bonchev–Trinajstić information content (AvgIpc) is 2.44. The summed E-state index contributed by atoms with van der Waals surface area (Å²) in [4.78, 5) is 4.58. The van der Waals surface area contributed by atoms with E-state index in [4.69, 9.17) is 0 Å². The number of imidazole rings is 1. The second kappa shape index (κ2) is 3.26. The Morgan fingerprint density at radius 2 is 2.14 bits per heavy atom. The molecule has 0 saturated carbocycles. The van der Waals surface area contributed by atoms with Crippen LogP contribution in [0, 0.1) is 0 Å². The van der Waals surface area contributed by atoms with Gasteiger partial charge in [-0.25, -0.2) is 4.98 Å². The molecule has 0 radical (unpaired) electrons. The average molecular weight is 258 g/mol. The van der Waals surface area contributed by atoms with Gasteiger partial charge >= 0.3 is 0 Å². The molecule has 2 rings (SSSR count). The Kier molecular flexibility index (Phi) is 2.33. The van der Waals surface area contributed by atoms with Crippen LogP contribution in [0.5, 0.6) is 0 Å². The zero-order valence-corrected chi connectivity index (χ0v) is 10.5. The standard InChI is InChI=1S/C10H16BrN3/c1-10(2,3)9-13-7(11)8-12-5-4-6-14(8)9/h12H,4-6H2,1-3H3. The minimum atomic E-state index is 0.111. The van der Waals surface area contributed by atoms with Gasteiger partial charge in [0.05, 0.1) is 0 Å². The van der Waals surface area contributed by atoms with Crippen molar-refractivity contribution in [3.05, 3.63) is 10.4 Å². The molecule has 0 aromatic carbocycles. The molecule has 3 nitrogen and oxygen atoms in total. The van der Waals surface area contributed by atoms with Crippen LogP contribution in [0.3, 0.4) is 0 Å². The van der Waals surface area contributed by atoms with Gasteiger partial charge in [-0.15, -0.1) is 0 Å². The van der Waals surface area contributed by atoms with Crippen molar-refractivity contribution in [2.45, 2.75) is 39.2 Å². The molecule has 0 atom stereocenters. The maximum absolute atomic E-state index is 4.58. The fourth-order valence-electron chi connectivity index (χ4n) is 1.83. The summed E-state index contributed by atoms with van der Waals surface area (Å²) >= 11 is 3.50. The number of aromatic nitrogens is 2. The first kappa shape index (κ1) is 10.0. The van der Waals surface area contributed by atoms with E-state index in [9.17, 15) is 0 Å². The van der Waals surface area contributed by atoms with Crippen LogP contribution in [0.15, 0.2) is 4.60 Å². The van der Waals surface area contributed by atoms with Gasteiger partial charge in [-0.3, -0.25) is 0 Å². The van der Waals surface area contributed by atoms with Crippen LogP contribution in [0.25, 0.3) is 0 Å². The van der Waals surface area contributed by atoms with Crippen LogP contribution >= 0.6 is 15.9 Å². The van der Waals surface area contributed by atoms with E-state index in [1.165, 1.54) is 6.42 Å². The summed E-state index contributed by atoms with van der Waals surface area (Å²) in [6.45, 7) is 8.72. The fourth-order valence-corrected chi connectivity index (χ4v) is 2.35. The van der Waals surface area contributed by atoms with Crippen molar-refractivity contribution in [3.63, 3.8) is 0 Å². The Morgan fingerprint density at radius 3 is 2.79 bits per heavy atom. The van der Waals surface area contributed by atoms with Gasteiger partial charge < -0.3 is 9.88 Å². The fraction of sp³-hybridized carbons (Fsp3) is 0.700. The highest BCUT2D eigenvalue weighted by atomic mass is 79.9. The summed E-state index contributed by atoms with van der Waals surface area (Å²) in [5.41, 5.74) is 0.111. The number of fused-ring (bicyclic) bond motifs is 1. The summed E-state index contributed by atoms with van der Waals surface area (Å²) in [7, 11) is 0. The van der Waals surface area contributed by atoms with Gasteiger partial charge in [-0.2, -0.15) is 0 Å². The number of nitrogens with zero attached hydrogens (tertiary/aromatic N) is 2. The number of halogens is 1. The maximum Gasteiger partial charge on any atom is 0.148 e. The monoisotopic (exact) mass is 257 g/mol. The molecule has 2 heterocycles. The second-order valence-corrected chi connectivity index (χ2v) is 5.51. The molecular formula is C10H16BrN3. The van der Waals surface area contributed by atoms with Crippen molar-refractivity contribution < 1.29 is 0 Å². The van der Waals surface area contributed by atoms with Crippen LogP contribution < -0.4 is 5.32 Å². The quantitative estimate of drug-likeness (QED) is 0.775. The normalized spacial score (nSPS) is 16.3. The molecule has 0 unspecified atom stereocenters. The minimum absolute atomic E-state index is 0.111. The third-order valence-electron chi connectivity index (χ3n) is 2.45. The highest BCUT2D eigenvalue weighted by Crippen LogP contribution is 2.32. The summed E-state index contributed by atoms with van der Waals surface area (Å²) in [6, 6.07) is 0. The van der Waals surface area contributed by atoms with E-state index in [0.29, 0.717) is 0 Å². The zero-order valence-electron chi connectivity index (χ0n) is 8.89. The van der Waals surface area contributed by atoms with Crippen LogP contribution in [-0.2, 0) is 12.0 Å². The lowest BCUT2D eigenvalue weighted by molar-refractivity contribution is 0.487. The molecule has 1 N–H and O–H groups in total. The third kappa shape index (κ3) is 1.56. The molecule has 14 heavy (non-hydrogen) atoms. The molecular weight excluding hydrogens is 242 g/mol. The maximum atomic E-state index is 4.58. The van der Waals surface area contributed by atoms with Crippen LogP contribution in [0.4, 0.5) is 5.82 Å². The van der Waals surface area contributed by atoms with Crippen molar-refractivity contribution in [1.29, 1.82) is 0 Å². The summed E-state index contributed by atoms with van der Waals surface area (Å²) < 4.78 is 3.23. The van der Waals surface area contributed by atoms with Crippen molar-refractivity contribution in [2.75, 3.05) is 11.9 Å². The van der Waals surface area contributed by atoms with Crippen molar-refractivity contribution >= 4 is 21.7 Å². The molecule has 0 amide bonds. The SMILES string of the molecule is CC(C)(C)c1nc(Br)c2n1CCCN2. The molecule has 0 fully saturated rings. The van der Waals surface area contributed by atoms with Gasteiger partial charge in [0.2, 0.25) is 0 Å². The first-order valence-corrected chi connectivity index (χ1v) is 5.80. The Morgan fingerprint density at radius 1 is 1.43 bits per heavy atom. The smallest absolute Gasteiger partial charge is 0.148 e. The highest BCUT2D eigenvalue weighted by molar-refractivity contribution is 9.10. The summed E-state index contributed by atoms with van der Waals surface area (Å²) in [5.74, 6) is 2.30. The lowest BCUT2D eigenvalue weighted by Gasteiger charge is -2.24. The van der Waals surface area contributed by atoms with E-state index in [2.05, 4.69) is 51.6 Å². The van der Waals surface area contributed by atoms with E-state index >= 15 is 0 Å². The Hall–Kier alpha value is -0.510. The molecule has 1 aliphatic rings. The van der Waals surface area contributed by atoms with Gasteiger partial charge in [0.1, 0.15) is 16.2 Å². The molecule has 78 valence electrons. The van der Waals surface area contributed by atoms with Crippen molar-refractivity contribution in [2.24, 2.45) is 0 Å². The van der Waals surface area contributed by atoms with E-state index in [-0.39, 0.29) is 5.41 Å². The van der Waals surface area contributed by atoms with Crippen LogP contribution in [0.2, 0.25) is 0 Å². The largest absolute Gasteiger partial charge is 0.369 e. The number of hydrogen-bond donors (Lipinski definition) is 1. The first-order valence-electron chi connectivity index (χ1n) is 5.00. The number of rotatable bonds is 0. The van der Waals surface area contributed by atoms with Gasteiger partial charge in [0, 0.05) is 18.5 Å². The second-order valence-electron chi connectivity index (χ2n) is 4.76. The highest BCUT2D eigenvalue weighted by Gasteiger charge is 2.26. The Labute approximate surface area is 93.0 Å². The minimum Gasteiger partial charge on any atom is -0.369 e. The molecule has 4 heteroatoms. The van der Waals surface area contributed by atoms with E-state index < -0.39 is 0 Å². The molecule has 0 aliphatic carbocycles. The van der Waals surface area contributed by atoms with Gasteiger partial charge in [0.25, 0.3) is 0 Å². The van der Waals surface area contributed by atoms with Gasteiger partial charge in [0.15, 0.2) is 0 Å². The Bertz CT molecular complexity index is 349. The van der Waals surface area contributed by atoms with E-state index in [1.54, 1.807) is 0 Å². The topological polar surface area (TPSA) is 29.9 Å². The first-order chi connectivity index (χ1) is 6.50. The number of nitrogens with one attached hydrogen (secondary N) is 1. The third-order valence-corrected chi connectivity index (χ3v) is 3.00. The van der Waals surface area contributed by atoms with E-state index in [0.717, 1.165) is 29.3 Å². The van der Waals surface area contributed by atoms with E-state index in [1.807, 2.05) is 0 Å². The summed E-state index contributed by atoms with van der Waals surface area (Å²) in [5, 5.41) is 3.38. The lowest BCUT2D eigenvalue weighted by atomic mass is 9.95. The molecule has 0 saturated heterocycles. The molecule has 1 aromatic heterocycles. The molecule has 1 aromatic rings. The predicted octanol–water partition coefficient (Wildman–Crippen LogP) is 2.76. The number of hydrogen-bond acceptors (Lipinski definition) is 2.